The minimum Gasteiger partial charge on any atom is -0.381 e. The quantitative estimate of drug-likeness (QED) is 0.664. The second-order valence-corrected chi connectivity index (χ2v) is 7.86. The molecule has 2 aromatic heterocycles. The van der Waals surface area contributed by atoms with Crippen molar-refractivity contribution in [3.8, 4) is 0 Å². The van der Waals surface area contributed by atoms with Crippen molar-refractivity contribution in [3.63, 3.8) is 0 Å². The van der Waals surface area contributed by atoms with Gasteiger partial charge in [-0.3, -0.25) is 14.7 Å². The van der Waals surface area contributed by atoms with Gasteiger partial charge in [-0.25, -0.2) is 4.98 Å². The molecule has 0 bridgehead atoms. The van der Waals surface area contributed by atoms with Crippen molar-refractivity contribution in [2.75, 3.05) is 18.1 Å². The van der Waals surface area contributed by atoms with Crippen LogP contribution in [0.15, 0.2) is 42.7 Å². The van der Waals surface area contributed by atoms with Crippen LogP contribution in [0.1, 0.15) is 30.9 Å². The number of carbonyl (C=O) groups is 1. The molecule has 1 aliphatic rings. The summed E-state index contributed by atoms with van der Waals surface area (Å²) in [5.41, 5.74) is 3.22. The number of hydrogen-bond acceptors (Lipinski definition) is 5. The van der Waals surface area contributed by atoms with Crippen LogP contribution in [0.5, 0.6) is 0 Å². The van der Waals surface area contributed by atoms with E-state index < -0.39 is 0 Å². The van der Waals surface area contributed by atoms with E-state index in [-0.39, 0.29) is 11.8 Å². The molecule has 140 valence electrons. The van der Waals surface area contributed by atoms with Crippen molar-refractivity contribution in [2.24, 2.45) is 5.92 Å². The Kier molecular flexibility index (Phi) is 5.45. The Hall–Kier alpha value is -2.31. The number of benzene rings is 1. The van der Waals surface area contributed by atoms with Gasteiger partial charge in [-0.2, -0.15) is 0 Å². The predicted molar refractivity (Wildman–Crippen MR) is 108 cm³/mol. The number of aromatic nitrogens is 2. The lowest BCUT2D eigenvalue weighted by molar-refractivity contribution is -0.126. The maximum Gasteiger partial charge on any atom is 0.234 e. The topological polar surface area (TPSA) is 55.3 Å². The molecule has 6 heteroatoms. The summed E-state index contributed by atoms with van der Waals surface area (Å²) in [4.78, 5) is 24.1. The van der Waals surface area contributed by atoms with Crippen LogP contribution in [0.25, 0.3) is 10.2 Å². The van der Waals surface area contributed by atoms with Gasteiger partial charge in [0.05, 0.1) is 29.3 Å². The molecule has 1 atom stereocenters. The first kappa shape index (κ1) is 18.1. The Morgan fingerprint density at radius 2 is 2.26 bits per heavy atom. The van der Waals surface area contributed by atoms with E-state index in [1.165, 1.54) is 5.56 Å². The Morgan fingerprint density at radius 1 is 1.33 bits per heavy atom. The van der Waals surface area contributed by atoms with E-state index in [0.29, 0.717) is 13.2 Å². The van der Waals surface area contributed by atoms with Crippen molar-refractivity contribution >= 4 is 32.6 Å². The fourth-order valence-corrected chi connectivity index (χ4v) is 4.40. The number of nitrogens with zero attached hydrogens (tertiary/aromatic N) is 3. The molecule has 1 unspecified atom stereocenters. The van der Waals surface area contributed by atoms with Gasteiger partial charge >= 0.3 is 0 Å². The lowest BCUT2D eigenvalue weighted by Gasteiger charge is -2.27. The summed E-state index contributed by atoms with van der Waals surface area (Å²) >= 11 is 1.58. The van der Waals surface area contributed by atoms with Crippen LogP contribution in [0.4, 0.5) is 5.13 Å². The molecule has 1 aromatic carbocycles. The fraction of sp³-hybridized carbons (Fsp3) is 0.381. The third kappa shape index (κ3) is 4.01. The summed E-state index contributed by atoms with van der Waals surface area (Å²) in [6.45, 7) is 3.86. The maximum atomic E-state index is 13.3. The normalized spacial score (nSPS) is 17.1. The van der Waals surface area contributed by atoms with Gasteiger partial charge in [0, 0.05) is 19.0 Å². The molecule has 27 heavy (non-hydrogen) atoms. The molecule has 5 nitrogen and oxygen atoms in total. The number of aryl methyl sites for hydroxylation is 1. The molecule has 0 saturated carbocycles. The number of ether oxygens (including phenoxy) is 1. The zero-order chi connectivity index (χ0) is 18.6. The number of amides is 1. The Balaban J connectivity index is 1.69. The summed E-state index contributed by atoms with van der Waals surface area (Å²) in [6, 6.07) is 10.2. The molecule has 1 amide bonds. The zero-order valence-corrected chi connectivity index (χ0v) is 16.2. The van der Waals surface area contributed by atoms with Gasteiger partial charge in [-0.15, -0.1) is 0 Å². The summed E-state index contributed by atoms with van der Waals surface area (Å²) in [6.07, 6.45) is 6.33. The third-order valence-corrected chi connectivity index (χ3v) is 5.96. The van der Waals surface area contributed by atoms with Gasteiger partial charge < -0.3 is 4.74 Å². The monoisotopic (exact) mass is 381 g/mol. The molecular formula is C21H23N3O2S. The number of thiazole rings is 1. The summed E-state index contributed by atoms with van der Waals surface area (Å²) < 4.78 is 6.67. The second kappa shape index (κ2) is 8.15. The van der Waals surface area contributed by atoms with Gasteiger partial charge in [-0.1, -0.05) is 30.4 Å². The number of rotatable bonds is 5. The van der Waals surface area contributed by atoms with Crippen LogP contribution in [-0.4, -0.2) is 29.1 Å². The number of carbonyl (C=O) groups excluding carboxylic acids is 1. The Morgan fingerprint density at radius 3 is 3.00 bits per heavy atom. The van der Waals surface area contributed by atoms with E-state index in [1.54, 1.807) is 23.7 Å². The smallest absolute Gasteiger partial charge is 0.234 e. The Bertz CT molecular complexity index is 920. The second-order valence-electron chi connectivity index (χ2n) is 6.85. The highest BCUT2D eigenvalue weighted by atomic mass is 32.1. The first-order valence-electron chi connectivity index (χ1n) is 9.42. The van der Waals surface area contributed by atoms with Gasteiger partial charge in [0.25, 0.3) is 0 Å². The van der Waals surface area contributed by atoms with Crippen LogP contribution >= 0.6 is 11.3 Å². The zero-order valence-electron chi connectivity index (χ0n) is 15.4. The number of fused-ring (bicyclic) bond motifs is 1. The van der Waals surface area contributed by atoms with Gasteiger partial charge in [0.2, 0.25) is 5.91 Å². The van der Waals surface area contributed by atoms with Crippen molar-refractivity contribution in [2.45, 2.75) is 32.7 Å². The average Bonchev–Trinajstić information content (AvgIpc) is 3.15. The molecule has 3 aromatic rings. The predicted octanol–water partition coefficient (Wildman–Crippen LogP) is 4.21. The summed E-state index contributed by atoms with van der Waals surface area (Å²) in [5.74, 6) is -0.0121. The molecule has 0 spiro atoms. The van der Waals surface area contributed by atoms with Crippen LogP contribution in [0, 0.1) is 5.92 Å². The van der Waals surface area contributed by atoms with E-state index in [9.17, 15) is 4.79 Å². The maximum absolute atomic E-state index is 13.3. The first-order valence-corrected chi connectivity index (χ1v) is 10.2. The lowest BCUT2D eigenvalue weighted by Crippen LogP contribution is -2.39. The van der Waals surface area contributed by atoms with Gasteiger partial charge in [-0.05, 0) is 48.6 Å². The standard InChI is InChI=1S/C21H23N3O2S/c1-2-15-7-8-18-19(11-15)27-21(23-18)24(13-16-5-3-9-22-12-16)20(25)17-6-4-10-26-14-17/h3,5,7-9,11-12,17H,2,4,6,10,13-14H2,1H3. The van der Waals surface area contributed by atoms with E-state index in [2.05, 4.69) is 24.0 Å². The minimum atomic E-state index is -0.103. The van der Waals surface area contributed by atoms with E-state index in [0.717, 1.165) is 46.8 Å². The molecule has 3 heterocycles. The average molecular weight is 382 g/mol. The molecule has 0 aliphatic carbocycles. The molecular weight excluding hydrogens is 358 g/mol. The van der Waals surface area contributed by atoms with Crippen molar-refractivity contribution in [1.82, 2.24) is 9.97 Å². The molecule has 0 radical (unpaired) electrons. The highest BCUT2D eigenvalue weighted by Crippen LogP contribution is 2.32. The first-order chi connectivity index (χ1) is 13.2. The SMILES string of the molecule is CCc1ccc2nc(N(Cc3cccnc3)C(=O)C3CCCOC3)sc2c1. The van der Waals surface area contributed by atoms with Gasteiger partial charge in [0.1, 0.15) is 0 Å². The number of pyridine rings is 1. The van der Waals surface area contributed by atoms with Crippen molar-refractivity contribution in [3.05, 3.63) is 53.9 Å². The van der Waals surface area contributed by atoms with E-state index in [1.807, 2.05) is 23.1 Å². The highest BCUT2D eigenvalue weighted by molar-refractivity contribution is 7.22. The van der Waals surface area contributed by atoms with Crippen LogP contribution in [0.2, 0.25) is 0 Å². The Labute approximate surface area is 163 Å². The van der Waals surface area contributed by atoms with Crippen molar-refractivity contribution < 1.29 is 9.53 Å². The van der Waals surface area contributed by atoms with E-state index >= 15 is 0 Å². The summed E-state index contributed by atoms with van der Waals surface area (Å²) in [7, 11) is 0. The third-order valence-electron chi connectivity index (χ3n) is 4.92. The lowest BCUT2D eigenvalue weighted by atomic mass is 10.0. The highest BCUT2D eigenvalue weighted by Gasteiger charge is 2.29. The molecule has 4 rings (SSSR count). The summed E-state index contributed by atoms with van der Waals surface area (Å²) in [5, 5.41) is 0.748. The number of hydrogen-bond donors (Lipinski definition) is 0. The number of anilines is 1. The van der Waals surface area contributed by atoms with Crippen molar-refractivity contribution in [1.29, 1.82) is 0 Å². The molecule has 1 saturated heterocycles. The molecule has 1 aliphatic heterocycles. The van der Waals surface area contributed by atoms with Crippen LogP contribution in [-0.2, 0) is 22.5 Å². The van der Waals surface area contributed by atoms with Gasteiger partial charge in [0.15, 0.2) is 5.13 Å². The molecule has 1 fully saturated rings. The molecule has 0 N–H and O–H groups in total. The largest absolute Gasteiger partial charge is 0.381 e. The fourth-order valence-electron chi connectivity index (χ4n) is 3.36. The minimum absolute atomic E-state index is 0.0910. The van der Waals surface area contributed by atoms with Crippen LogP contribution in [0.3, 0.4) is 0 Å². The van der Waals surface area contributed by atoms with Crippen LogP contribution < -0.4 is 4.90 Å². The van der Waals surface area contributed by atoms with E-state index in [4.69, 9.17) is 9.72 Å².